The van der Waals surface area contributed by atoms with Gasteiger partial charge >= 0.3 is 0 Å². The lowest BCUT2D eigenvalue weighted by Gasteiger charge is -2.00. The highest BCUT2D eigenvalue weighted by Gasteiger charge is 2.12. The first kappa shape index (κ1) is 13.0. The monoisotopic (exact) mass is 312 g/mol. The van der Waals surface area contributed by atoms with E-state index in [4.69, 9.17) is 0 Å². The topological polar surface area (TPSA) is 83.1 Å². The molecule has 0 radical (unpaired) electrons. The van der Waals surface area contributed by atoms with Gasteiger partial charge in [-0.3, -0.25) is 20.1 Å². The molecule has 0 aliphatic carbocycles. The van der Waals surface area contributed by atoms with Gasteiger partial charge in [-0.1, -0.05) is 6.07 Å². The number of nitrogens with one attached hydrogen (secondary N) is 2. The molecule has 4 heterocycles. The number of aromatic amines is 2. The molecule has 4 aromatic heterocycles. The second-order valence-electron chi connectivity index (χ2n) is 5.54. The van der Waals surface area contributed by atoms with Gasteiger partial charge in [-0.15, -0.1) is 0 Å². The van der Waals surface area contributed by atoms with Crippen molar-refractivity contribution in [1.82, 2.24) is 30.1 Å². The second-order valence-corrected chi connectivity index (χ2v) is 5.54. The van der Waals surface area contributed by atoms with Crippen molar-refractivity contribution in [2.45, 2.75) is 0 Å². The third-order valence-corrected chi connectivity index (χ3v) is 4.07. The standard InChI is InChI=1S/C18H12N6/c1-2-14-15(20-5-1)9-16(22-14)18-12-8-11(3-4-13(12)23-24-18)17-10-19-6-7-21-17/h1-10,22H,(H,23,24). The fourth-order valence-corrected chi connectivity index (χ4v) is 2.91. The van der Waals surface area contributed by atoms with Crippen molar-refractivity contribution in [3.8, 4) is 22.6 Å². The van der Waals surface area contributed by atoms with Gasteiger partial charge in [0, 0.05) is 29.5 Å². The molecule has 24 heavy (non-hydrogen) atoms. The second kappa shape index (κ2) is 4.99. The van der Waals surface area contributed by atoms with Crippen molar-refractivity contribution in [2.75, 3.05) is 0 Å². The van der Waals surface area contributed by atoms with Crippen molar-refractivity contribution in [1.29, 1.82) is 0 Å². The number of pyridine rings is 1. The molecule has 2 N–H and O–H groups in total. The van der Waals surface area contributed by atoms with E-state index in [-0.39, 0.29) is 0 Å². The summed E-state index contributed by atoms with van der Waals surface area (Å²) in [6, 6.07) is 12.0. The number of fused-ring (bicyclic) bond motifs is 2. The molecule has 114 valence electrons. The van der Waals surface area contributed by atoms with Gasteiger partial charge < -0.3 is 4.98 Å². The smallest absolute Gasteiger partial charge is 0.116 e. The lowest BCUT2D eigenvalue weighted by Crippen LogP contribution is -1.84. The van der Waals surface area contributed by atoms with Crippen LogP contribution in [0.5, 0.6) is 0 Å². The van der Waals surface area contributed by atoms with Crippen LogP contribution in [0.2, 0.25) is 0 Å². The Hall–Kier alpha value is -3.54. The largest absolute Gasteiger partial charge is 0.352 e. The Morgan fingerprint density at radius 3 is 2.75 bits per heavy atom. The normalized spacial score (nSPS) is 11.3. The lowest BCUT2D eigenvalue weighted by atomic mass is 10.1. The zero-order chi connectivity index (χ0) is 15.9. The van der Waals surface area contributed by atoms with E-state index in [1.54, 1.807) is 24.8 Å². The number of hydrogen-bond donors (Lipinski definition) is 2. The minimum absolute atomic E-state index is 0.838. The molecule has 0 amide bonds. The number of aromatic nitrogens is 6. The van der Waals surface area contributed by atoms with Crippen LogP contribution in [0.25, 0.3) is 44.6 Å². The molecule has 0 saturated heterocycles. The molecular weight excluding hydrogens is 300 g/mol. The van der Waals surface area contributed by atoms with E-state index in [1.807, 2.05) is 30.3 Å². The first-order valence-corrected chi connectivity index (χ1v) is 7.57. The van der Waals surface area contributed by atoms with Crippen LogP contribution in [-0.4, -0.2) is 30.1 Å². The van der Waals surface area contributed by atoms with Gasteiger partial charge in [0.25, 0.3) is 0 Å². The molecule has 0 spiro atoms. The Labute approximate surface area is 136 Å². The number of nitrogens with zero attached hydrogens (tertiary/aromatic N) is 4. The van der Waals surface area contributed by atoms with Crippen molar-refractivity contribution in [2.24, 2.45) is 0 Å². The van der Waals surface area contributed by atoms with E-state index < -0.39 is 0 Å². The minimum Gasteiger partial charge on any atom is -0.352 e. The van der Waals surface area contributed by atoms with Crippen LogP contribution >= 0.6 is 0 Å². The quantitative estimate of drug-likeness (QED) is 0.522. The molecule has 5 aromatic rings. The van der Waals surface area contributed by atoms with Gasteiger partial charge in [-0.25, -0.2) is 0 Å². The maximum Gasteiger partial charge on any atom is 0.116 e. The highest BCUT2D eigenvalue weighted by atomic mass is 15.1. The van der Waals surface area contributed by atoms with Crippen LogP contribution in [0.3, 0.4) is 0 Å². The van der Waals surface area contributed by atoms with Crippen LogP contribution in [-0.2, 0) is 0 Å². The van der Waals surface area contributed by atoms with Gasteiger partial charge in [0.1, 0.15) is 5.69 Å². The van der Waals surface area contributed by atoms with E-state index in [2.05, 4.69) is 36.2 Å². The van der Waals surface area contributed by atoms with E-state index in [0.29, 0.717) is 0 Å². The van der Waals surface area contributed by atoms with Crippen molar-refractivity contribution in [3.05, 3.63) is 61.2 Å². The summed E-state index contributed by atoms with van der Waals surface area (Å²) in [5, 5.41) is 8.59. The zero-order valence-corrected chi connectivity index (χ0v) is 12.6. The van der Waals surface area contributed by atoms with Crippen molar-refractivity contribution in [3.63, 3.8) is 0 Å². The Balaban J connectivity index is 1.71. The van der Waals surface area contributed by atoms with Crippen LogP contribution in [0.1, 0.15) is 0 Å². The maximum atomic E-state index is 4.48. The summed E-state index contributed by atoms with van der Waals surface area (Å²) >= 11 is 0. The van der Waals surface area contributed by atoms with Gasteiger partial charge in [-0.2, -0.15) is 5.10 Å². The van der Waals surface area contributed by atoms with Crippen LogP contribution in [0.15, 0.2) is 61.2 Å². The molecule has 6 heteroatoms. The fourth-order valence-electron chi connectivity index (χ4n) is 2.91. The number of rotatable bonds is 2. The summed E-state index contributed by atoms with van der Waals surface area (Å²) in [4.78, 5) is 16.3. The van der Waals surface area contributed by atoms with Crippen molar-refractivity contribution < 1.29 is 0 Å². The summed E-state index contributed by atoms with van der Waals surface area (Å²) in [7, 11) is 0. The van der Waals surface area contributed by atoms with E-state index in [0.717, 1.165) is 44.6 Å². The average molecular weight is 312 g/mol. The Bertz CT molecular complexity index is 1120. The summed E-state index contributed by atoms with van der Waals surface area (Å²) in [6.07, 6.45) is 6.91. The van der Waals surface area contributed by atoms with E-state index in [1.165, 1.54) is 0 Å². The molecule has 0 atom stereocenters. The zero-order valence-electron chi connectivity index (χ0n) is 12.6. The Morgan fingerprint density at radius 1 is 0.875 bits per heavy atom. The summed E-state index contributed by atoms with van der Waals surface area (Å²) in [5.74, 6) is 0. The predicted molar refractivity (Wildman–Crippen MR) is 92.2 cm³/mol. The Kier molecular flexibility index (Phi) is 2.69. The number of hydrogen-bond acceptors (Lipinski definition) is 4. The van der Waals surface area contributed by atoms with Gasteiger partial charge in [0.15, 0.2) is 0 Å². The third kappa shape index (κ3) is 1.97. The SMILES string of the molecule is c1cnc2cc(-c3n[nH]c4ccc(-c5cnccn5)cc34)[nH]c2c1. The summed E-state index contributed by atoms with van der Waals surface area (Å²) < 4.78 is 0. The van der Waals surface area contributed by atoms with Gasteiger partial charge in [0.05, 0.1) is 34.1 Å². The van der Waals surface area contributed by atoms with Crippen LogP contribution < -0.4 is 0 Å². The average Bonchev–Trinajstić information content (AvgIpc) is 3.25. The molecule has 1 aromatic carbocycles. The first-order valence-electron chi connectivity index (χ1n) is 7.57. The summed E-state index contributed by atoms with van der Waals surface area (Å²) in [5.41, 5.74) is 6.55. The number of benzene rings is 1. The van der Waals surface area contributed by atoms with Gasteiger partial charge in [0.2, 0.25) is 0 Å². The summed E-state index contributed by atoms with van der Waals surface area (Å²) in [6.45, 7) is 0. The Morgan fingerprint density at radius 2 is 1.88 bits per heavy atom. The first-order chi connectivity index (χ1) is 11.9. The number of H-pyrrole nitrogens is 2. The van der Waals surface area contributed by atoms with E-state index in [9.17, 15) is 0 Å². The molecular formula is C18H12N6. The van der Waals surface area contributed by atoms with Crippen LogP contribution in [0.4, 0.5) is 0 Å². The molecule has 0 saturated carbocycles. The van der Waals surface area contributed by atoms with Gasteiger partial charge in [-0.05, 0) is 30.3 Å². The predicted octanol–water partition coefficient (Wildman–Crippen LogP) is 3.56. The molecule has 0 fully saturated rings. The molecule has 6 nitrogen and oxygen atoms in total. The molecule has 0 bridgehead atoms. The highest BCUT2D eigenvalue weighted by Crippen LogP contribution is 2.30. The lowest BCUT2D eigenvalue weighted by molar-refractivity contribution is 1.12. The molecule has 0 aliphatic rings. The molecule has 0 unspecified atom stereocenters. The fraction of sp³-hybridized carbons (Fsp3) is 0. The van der Waals surface area contributed by atoms with Crippen LogP contribution in [0, 0.1) is 0 Å². The third-order valence-electron chi connectivity index (χ3n) is 4.07. The molecule has 5 rings (SSSR count). The van der Waals surface area contributed by atoms with E-state index >= 15 is 0 Å². The van der Waals surface area contributed by atoms with Crippen molar-refractivity contribution >= 4 is 21.9 Å². The molecule has 0 aliphatic heterocycles. The highest BCUT2D eigenvalue weighted by molar-refractivity contribution is 5.96. The minimum atomic E-state index is 0.838. The maximum absolute atomic E-state index is 4.48.